The van der Waals surface area contributed by atoms with Crippen molar-refractivity contribution in [1.82, 2.24) is 5.32 Å². The Bertz CT molecular complexity index is 1030. The quantitative estimate of drug-likeness (QED) is 0.0274. The third kappa shape index (κ3) is 42.6. The van der Waals surface area contributed by atoms with Crippen molar-refractivity contribution in [2.45, 2.75) is 225 Å². The smallest absolute Gasteiger partial charge is 0.268 e. The maximum Gasteiger partial charge on any atom is 0.268 e. The molecule has 0 saturated heterocycles. The Hall–Kier alpha value is -1.28. The van der Waals surface area contributed by atoms with Crippen molar-refractivity contribution >= 4 is 13.7 Å². The Morgan fingerprint density at radius 2 is 1.00 bits per heavy atom. The average molecular weight is 825 g/mol. The molecule has 2 N–H and O–H groups in total. The zero-order chi connectivity index (χ0) is 42.1. The SMILES string of the molecule is CCCC/C=C\CCCCCCCC(=O)NC(COP(=O)([O-])OCC[N+](C)(C)C)C(O)/C=C/CC/C=C/CCCCCCCCCCCCCCCCCCCC. The van der Waals surface area contributed by atoms with Crippen molar-refractivity contribution in [1.29, 1.82) is 0 Å². The standard InChI is InChI=1S/C48H93N2O6P/c1-6-8-10-12-14-16-18-19-20-21-22-23-24-25-26-27-28-29-30-32-33-35-37-39-41-47(51)46(45-56-57(53,54)55-44-43-50(3,4)5)49-48(52)42-40-38-36-34-31-17-15-13-11-9-7-2/h13,15,32-33,39,41,46-47,51H,6-12,14,16-31,34-38,40,42-45H2,1-5H3,(H-,49,52,53,54)/b15-13-,33-32+,41-39+. The van der Waals surface area contributed by atoms with Gasteiger partial charge in [-0.25, -0.2) is 0 Å². The Morgan fingerprint density at radius 1 is 0.596 bits per heavy atom. The summed E-state index contributed by atoms with van der Waals surface area (Å²) in [4.78, 5) is 25.2. The fourth-order valence-electron chi connectivity index (χ4n) is 6.74. The summed E-state index contributed by atoms with van der Waals surface area (Å²) in [5.74, 6) is -0.218. The second-order valence-electron chi connectivity index (χ2n) is 17.5. The first kappa shape index (κ1) is 55.7. The van der Waals surface area contributed by atoms with Crippen LogP contribution in [0.4, 0.5) is 0 Å². The van der Waals surface area contributed by atoms with Gasteiger partial charge in [-0.15, -0.1) is 0 Å². The molecule has 0 saturated carbocycles. The summed E-state index contributed by atoms with van der Waals surface area (Å²) in [5, 5.41) is 13.8. The van der Waals surface area contributed by atoms with Crippen LogP contribution in [0.3, 0.4) is 0 Å². The van der Waals surface area contributed by atoms with E-state index in [0.717, 1.165) is 64.2 Å². The fourth-order valence-corrected chi connectivity index (χ4v) is 7.46. The number of nitrogens with one attached hydrogen (secondary N) is 1. The summed E-state index contributed by atoms with van der Waals surface area (Å²) >= 11 is 0. The van der Waals surface area contributed by atoms with Crippen molar-refractivity contribution in [2.75, 3.05) is 40.9 Å². The summed E-state index contributed by atoms with van der Waals surface area (Å²) in [6, 6.07) is -0.905. The van der Waals surface area contributed by atoms with E-state index in [1.54, 1.807) is 6.08 Å². The number of phosphoric acid groups is 1. The number of aliphatic hydroxyl groups is 1. The Labute approximate surface area is 353 Å². The molecule has 0 spiro atoms. The van der Waals surface area contributed by atoms with E-state index in [9.17, 15) is 19.4 Å². The van der Waals surface area contributed by atoms with Crippen molar-refractivity contribution in [3.05, 3.63) is 36.5 Å². The van der Waals surface area contributed by atoms with Gasteiger partial charge in [0, 0.05) is 6.42 Å². The van der Waals surface area contributed by atoms with Crippen LogP contribution in [0.2, 0.25) is 0 Å². The highest BCUT2D eigenvalue weighted by Crippen LogP contribution is 2.38. The molecule has 1 amide bonds. The highest BCUT2D eigenvalue weighted by molar-refractivity contribution is 7.45. The predicted molar refractivity (Wildman–Crippen MR) is 242 cm³/mol. The number of rotatable bonds is 43. The zero-order valence-electron chi connectivity index (χ0n) is 38.0. The summed E-state index contributed by atoms with van der Waals surface area (Å²) in [5.41, 5.74) is 0. The van der Waals surface area contributed by atoms with Crippen LogP contribution < -0.4 is 10.2 Å². The molecule has 8 nitrogen and oxygen atoms in total. The Kier molecular flexibility index (Phi) is 39.2. The number of carbonyl (C=O) groups is 1. The molecule has 0 aromatic rings. The molecule has 0 rings (SSSR count). The Balaban J connectivity index is 4.31. The van der Waals surface area contributed by atoms with E-state index in [1.807, 2.05) is 27.2 Å². The van der Waals surface area contributed by atoms with Gasteiger partial charge < -0.3 is 28.8 Å². The van der Waals surface area contributed by atoms with Gasteiger partial charge in [0.05, 0.1) is 39.9 Å². The van der Waals surface area contributed by atoms with Crippen LogP contribution in [0.15, 0.2) is 36.5 Å². The molecule has 0 aliphatic heterocycles. The first-order valence-corrected chi connectivity index (χ1v) is 25.3. The lowest BCUT2D eigenvalue weighted by atomic mass is 10.0. The Morgan fingerprint density at radius 3 is 1.47 bits per heavy atom. The van der Waals surface area contributed by atoms with E-state index in [-0.39, 0.29) is 12.5 Å². The minimum atomic E-state index is -4.60. The summed E-state index contributed by atoms with van der Waals surface area (Å²) < 4.78 is 23.2. The minimum absolute atomic E-state index is 0.00798. The molecule has 0 heterocycles. The lowest BCUT2D eigenvalue weighted by Gasteiger charge is -2.29. The van der Waals surface area contributed by atoms with Crippen molar-refractivity contribution in [3.63, 3.8) is 0 Å². The van der Waals surface area contributed by atoms with Gasteiger partial charge in [-0.1, -0.05) is 192 Å². The minimum Gasteiger partial charge on any atom is -0.756 e. The molecular weight excluding hydrogens is 732 g/mol. The van der Waals surface area contributed by atoms with E-state index < -0.39 is 26.6 Å². The summed E-state index contributed by atoms with van der Waals surface area (Å²) in [7, 11) is 1.24. The molecule has 9 heteroatoms. The van der Waals surface area contributed by atoms with E-state index in [1.165, 1.54) is 128 Å². The van der Waals surface area contributed by atoms with Gasteiger partial charge in [0.25, 0.3) is 7.82 Å². The van der Waals surface area contributed by atoms with Gasteiger partial charge in [0.2, 0.25) is 5.91 Å². The molecule has 3 atom stereocenters. The number of hydrogen-bond donors (Lipinski definition) is 2. The summed E-state index contributed by atoms with van der Waals surface area (Å²) in [6.45, 7) is 4.58. The van der Waals surface area contributed by atoms with Crippen molar-refractivity contribution in [2.24, 2.45) is 0 Å². The van der Waals surface area contributed by atoms with Crippen LogP contribution in [0.25, 0.3) is 0 Å². The number of quaternary nitrogens is 1. The second kappa shape index (κ2) is 40.1. The zero-order valence-corrected chi connectivity index (χ0v) is 38.9. The molecule has 0 aromatic carbocycles. The van der Waals surface area contributed by atoms with Crippen LogP contribution in [-0.2, 0) is 18.4 Å². The fraction of sp³-hybridized carbons (Fsp3) is 0.854. The monoisotopic (exact) mass is 825 g/mol. The number of unbranched alkanes of at least 4 members (excludes halogenated alkanes) is 26. The van der Waals surface area contributed by atoms with Gasteiger partial charge in [-0.2, -0.15) is 0 Å². The van der Waals surface area contributed by atoms with E-state index >= 15 is 0 Å². The molecule has 0 aromatic heterocycles. The van der Waals surface area contributed by atoms with Crippen LogP contribution in [-0.4, -0.2) is 68.5 Å². The molecule has 0 aliphatic carbocycles. The average Bonchev–Trinajstić information content (AvgIpc) is 3.16. The van der Waals surface area contributed by atoms with Crippen LogP contribution in [0.5, 0.6) is 0 Å². The predicted octanol–water partition coefficient (Wildman–Crippen LogP) is 12.8. The van der Waals surface area contributed by atoms with Gasteiger partial charge in [-0.05, 0) is 51.4 Å². The first-order chi connectivity index (χ1) is 27.5. The third-order valence-electron chi connectivity index (χ3n) is 10.6. The maximum atomic E-state index is 12.8. The number of allylic oxidation sites excluding steroid dienone is 5. The van der Waals surface area contributed by atoms with Crippen molar-refractivity contribution < 1.29 is 32.9 Å². The number of phosphoric ester groups is 1. The van der Waals surface area contributed by atoms with E-state index in [4.69, 9.17) is 9.05 Å². The number of likely N-dealkylation sites (N-methyl/N-ethyl adjacent to an activating group) is 1. The molecule has 0 bridgehead atoms. The van der Waals surface area contributed by atoms with E-state index in [0.29, 0.717) is 17.4 Å². The van der Waals surface area contributed by atoms with Crippen molar-refractivity contribution in [3.8, 4) is 0 Å². The number of nitrogens with zero attached hydrogens (tertiary/aromatic N) is 1. The van der Waals surface area contributed by atoms with Gasteiger partial charge in [0.1, 0.15) is 13.2 Å². The van der Waals surface area contributed by atoms with E-state index in [2.05, 4.69) is 43.5 Å². The third-order valence-corrected chi connectivity index (χ3v) is 11.5. The molecule has 57 heavy (non-hydrogen) atoms. The molecular formula is C48H93N2O6P. The number of aliphatic hydroxyl groups excluding tert-OH is 1. The first-order valence-electron chi connectivity index (χ1n) is 23.9. The highest BCUT2D eigenvalue weighted by Gasteiger charge is 2.23. The molecule has 3 unspecified atom stereocenters. The normalized spacial score (nSPS) is 14.6. The van der Waals surface area contributed by atoms with Gasteiger partial charge in [-0.3, -0.25) is 9.36 Å². The van der Waals surface area contributed by atoms with Crippen LogP contribution in [0.1, 0.15) is 213 Å². The largest absolute Gasteiger partial charge is 0.756 e. The lowest BCUT2D eigenvalue weighted by Crippen LogP contribution is -2.45. The van der Waals surface area contributed by atoms with Gasteiger partial charge >= 0.3 is 0 Å². The summed E-state index contributed by atoms with van der Waals surface area (Å²) in [6.07, 6.45) is 49.3. The molecule has 336 valence electrons. The molecule has 0 aliphatic rings. The molecule has 0 radical (unpaired) electrons. The van der Waals surface area contributed by atoms with Gasteiger partial charge in [0.15, 0.2) is 0 Å². The highest BCUT2D eigenvalue weighted by atomic mass is 31.2. The molecule has 0 fully saturated rings. The second-order valence-corrected chi connectivity index (χ2v) is 18.9. The van der Waals surface area contributed by atoms with Crippen LogP contribution in [0, 0.1) is 0 Å². The van der Waals surface area contributed by atoms with Crippen LogP contribution >= 0.6 is 7.82 Å². The lowest BCUT2D eigenvalue weighted by molar-refractivity contribution is -0.870. The number of amides is 1. The topological polar surface area (TPSA) is 108 Å². The maximum absolute atomic E-state index is 12.8. The number of hydrogen-bond acceptors (Lipinski definition) is 6. The number of carbonyl (C=O) groups excluding carboxylic acids is 1.